The Bertz CT molecular complexity index is 608. The monoisotopic (exact) mass is 428 g/mol. The number of hydrogen-bond acceptors (Lipinski definition) is 4. The fraction of sp³-hybridized carbons (Fsp3) is 0.667. The predicted molar refractivity (Wildman–Crippen MR) is 51.5 cm³/mol. The topological polar surface area (TPSA) is 68.3 Å². The Kier molecular flexibility index (Phi) is 5.44. The summed E-state index contributed by atoms with van der Waals surface area (Å²) in [7, 11) is -8.55. The van der Waals surface area contributed by atoms with Gasteiger partial charge in [0.05, 0.1) is 0 Å². The van der Waals surface area contributed by atoms with Crippen LogP contribution in [0.1, 0.15) is 0 Å². The van der Waals surface area contributed by atoms with E-state index in [1.165, 1.54) is 0 Å². The molecule has 0 saturated heterocycles. The number of carbonyl (C=O) groups is 2. The average Bonchev–Trinajstić information content (AvgIpc) is 2.22. The third-order valence-corrected chi connectivity index (χ3v) is 11.2. The van der Waals surface area contributed by atoms with Crippen molar-refractivity contribution in [2.24, 2.45) is 0 Å². The number of halogens is 12. The summed E-state index contributed by atoms with van der Waals surface area (Å²) in [5.74, 6) is -7.60. The van der Waals surface area contributed by atoms with E-state index in [4.69, 9.17) is 0 Å². The van der Waals surface area contributed by atoms with Crippen molar-refractivity contribution in [3.63, 3.8) is 0 Å². The summed E-state index contributed by atoms with van der Waals surface area (Å²) in [5, 5.41) is 0. The van der Waals surface area contributed by atoms with E-state index in [9.17, 15) is 70.7 Å². The first-order valence-corrected chi connectivity index (χ1v) is 8.88. The molecule has 0 aliphatic carbocycles. The van der Waals surface area contributed by atoms with Gasteiger partial charge >= 0.3 is 121 Å². The maximum atomic E-state index is 12.7. The van der Waals surface area contributed by atoms with Gasteiger partial charge in [0.15, 0.2) is 0 Å². The quantitative estimate of drug-likeness (QED) is 0.512. The van der Waals surface area contributed by atoms with Gasteiger partial charge in [0.25, 0.3) is 0 Å². The van der Waals surface area contributed by atoms with Crippen LogP contribution in [0.15, 0.2) is 0 Å². The molecule has 0 rings (SSSR count). The van der Waals surface area contributed by atoms with Crippen molar-refractivity contribution in [1.82, 2.24) is 0 Å². The third-order valence-electron chi connectivity index (χ3n) is 2.26. The van der Waals surface area contributed by atoms with E-state index in [-0.39, 0.29) is 0 Å². The molecular weight excluding hydrogens is 427 g/mol. The molecule has 0 radical (unpaired) electrons. The minimum atomic E-state index is -9.52. The second-order valence-electron chi connectivity index (χ2n) is 3.78. The molecule has 0 bridgehead atoms. The van der Waals surface area contributed by atoms with Gasteiger partial charge in [-0.2, -0.15) is 0 Å². The second kappa shape index (κ2) is 5.71. The Hall–Kier alpha value is -1.12. The Morgan fingerprint density at radius 3 is 1.00 bits per heavy atom. The molecule has 0 heterocycles. The second-order valence-corrected chi connectivity index (χ2v) is 11.5. The summed E-state index contributed by atoms with van der Waals surface area (Å²) in [5.41, 5.74) is -17.3. The SMILES string of the molecule is O=C(C(F)(F)F)[PH](C(=O)C(F)(F)F)(C(F)(F)F)S(=O)(=O)C(F)(F)F. The predicted octanol–water partition coefficient (Wildman–Crippen LogP) is 3.28. The molecule has 0 aromatic rings. The van der Waals surface area contributed by atoms with Crippen LogP contribution >= 0.6 is 6.46 Å². The molecule has 0 aliphatic heterocycles. The van der Waals surface area contributed by atoms with E-state index in [1.807, 2.05) is 0 Å². The summed E-state index contributed by atoms with van der Waals surface area (Å²) in [6, 6.07) is 0. The van der Waals surface area contributed by atoms with Gasteiger partial charge in [-0.1, -0.05) is 0 Å². The Balaban J connectivity index is 7.41. The van der Waals surface area contributed by atoms with Gasteiger partial charge in [0.1, 0.15) is 0 Å². The van der Waals surface area contributed by atoms with Gasteiger partial charge in [-0.15, -0.1) is 0 Å². The van der Waals surface area contributed by atoms with Crippen molar-refractivity contribution in [1.29, 1.82) is 0 Å². The van der Waals surface area contributed by atoms with Crippen LogP contribution in [0.5, 0.6) is 0 Å². The van der Waals surface area contributed by atoms with Crippen LogP contribution in [-0.2, 0) is 19.0 Å². The molecule has 18 heteroatoms. The fourth-order valence-corrected chi connectivity index (χ4v) is 8.10. The summed E-state index contributed by atoms with van der Waals surface area (Å²) >= 11 is 0. The van der Waals surface area contributed by atoms with Gasteiger partial charge in [-0.25, -0.2) is 0 Å². The Morgan fingerprint density at radius 2 is 0.875 bits per heavy atom. The van der Waals surface area contributed by atoms with E-state index in [0.29, 0.717) is 0 Å². The molecule has 0 amide bonds. The third kappa shape index (κ3) is 3.32. The van der Waals surface area contributed by atoms with Crippen LogP contribution in [0.4, 0.5) is 52.7 Å². The molecule has 0 atom stereocenters. The van der Waals surface area contributed by atoms with Crippen molar-refractivity contribution in [2.75, 3.05) is 0 Å². The fourth-order valence-electron chi connectivity index (χ4n) is 1.33. The summed E-state index contributed by atoms with van der Waals surface area (Å²) in [4.78, 5) is 21.5. The maximum absolute atomic E-state index is 12.7. The van der Waals surface area contributed by atoms with Crippen LogP contribution in [-0.4, -0.2) is 43.2 Å². The first-order chi connectivity index (χ1) is 10.1. The van der Waals surface area contributed by atoms with Gasteiger partial charge < -0.3 is 0 Å². The summed E-state index contributed by atoms with van der Waals surface area (Å²) in [6.45, 7) is -9.52. The zero-order chi connectivity index (χ0) is 20.2. The molecule has 0 N–H and O–H groups in total. The standard InChI is InChI=1S/C6HF12O4PS/c7-3(8,9)1(19)23(5(13,14)15,2(20)4(10,11)12)24(21,22)6(16,17)18/h23H. The molecule has 0 fully saturated rings. The van der Waals surface area contributed by atoms with Crippen LogP contribution in [0, 0.1) is 0 Å². The van der Waals surface area contributed by atoms with E-state index in [2.05, 4.69) is 0 Å². The van der Waals surface area contributed by atoms with E-state index in [1.54, 1.807) is 0 Å². The van der Waals surface area contributed by atoms with Crippen molar-refractivity contribution >= 4 is 27.0 Å². The minimum absolute atomic E-state index is 4.96. The first-order valence-electron chi connectivity index (χ1n) is 4.67. The Morgan fingerprint density at radius 1 is 0.625 bits per heavy atom. The molecule has 24 heavy (non-hydrogen) atoms. The summed E-state index contributed by atoms with van der Waals surface area (Å²) < 4.78 is 170. The zero-order valence-electron chi connectivity index (χ0n) is 10.1. The molecular formula is C6HF12O4PS. The van der Waals surface area contributed by atoms with Crippen molar-refractivity contribution in [3.05, 3.63) is 0 Å². The van der Waals surface area contributed by atoms with Crippen LogP contribution in [0.25, 0.3) is 0 Å². The van der Waals surface area contributed by atoms with E-state index in [0.717, 1.165) is 0 Å². The van der Waals surface area contributed by atoms with E-state index < -0.39 is 50.7 Å². The van der Waals surface area contributed by atoms with Crippen LogP contribution < -0.4 is 0 Å². The molecule has 0 spiro atoms. The number of carbonyl (C=O) groups excluding carboxylic acids is 2. The van der Waals surface area contributed by atoms with E-state index >= 15 is 0 Å². The molecule has 0 aliphatic rings. The molecule has 4 nitrogen and oxygen atoms in total. The number of rotatable bonds is 3. The normalized spacial score (nSPS) is 16.0. The van der Waals surface area contributed by atoms with Gasteiger partial charge in [0.2, 0.25) is 0 Å². The first kappa shape index (κ1) is 22.9. The van der Waals surface area contributed by atoms with Crippen molar-refractivity contribution in [3.8, 4) is 0 Å². The van der Waals surface area contributed by atoms with Crippen molar-refractivity contribution < 1.29 is 70.7 Å². The van der Waals surface area contributed by atoms with Gasteiger partial charge in [0, 0.05) is 0 Å². The number of alkyl halides is 12. The Labute approximate surface area is 122 Å². The summed E-state index contributed by atoms with van der Waals surface area (Å²) in [6.07, 6.45) is -14.2. The number of hydrogen-bond donors (Lipinski definition) is 0. The van der Waals surface area contributed by atoms with Crippen molar-refractivity contribution in [2.45, 2.75) is 23.8 Å². The molecule has 0 saturated carbocycles. The molecule has 144 valence electrons. The van der Waals surface area contributed by atoms with Crippen LogP contribution in [0.2, 0.25) is 0 Å². The van der Waals surface area contributed by atoms with Gasteiger partial charge in [-0.3, -0.25) is 0 Å². The van der Waals surface area contributed by atoms with Crippen LogP contribution in [0.3, 0.4) is 0 Å². The van der Waals surface area contributed by atoms with Gasteiger partial charge in [-0.05, 0) is 0 Å². The molecule has 0 aromatic heterocycles. The molecule has 0 unspecified atom stereocenters. The zero-order valence-corrected chi connectivity index (χ0v) is 11.9. The average molecular weight is 428 g/mol. The molecule has 0 aromatic carbocycles.